The zero-order valence-corrected chi connectivity index (χ0v) is 39.2. The fourth-order valence-electron chi connectivity index (χ4n) is 6.76. The molecule has 0 saturated heterocycles. The summed E-state index contributed by atoms with van der Waals surface area (Å²) in [6, 6.07) is 15.7. The van der Waals surface area contributed by atoms with Crippen molar-refractivity contribution < 1.29 is 35.4 Å². The van der Waals surface area contributed by atoms with Crippen molar-refractivity contribution >= 4 is 83.6 Å². The molecule has 0 radical (unpaired) electrons. The number of nitrogens with zero attached hydrogens (tertiary/aromatic N) is 8. The van der Waals surface area contributed by atoms with Gasteiger partial charge in [-0.1, -0.05) is 0 Å². The summed E-state index contributed by atoms with van der Waals surface area (Å²) in [5.74, 6) is 1.71. The van der Waals surface area contributed by atoms with E-state index in [4.69, 9.17) is 19.4 Å². The molecule has 5 rings (SSSR count). The highest BCUT2D eigenvalue weighted by Crippen LogP contribution is 2.42. The second kappa shape index (κ2) is 20.8. The Morgan fingerprint density at radius 3 is 1.58 bits per heavy atom. The Morgan fingerprint density at radius 1 is 0.594 bits per heavy atom. The van der Waals surface area contributed by atoms with Crippen molar-refractivity contribution in [2.75, 3.05) is 90.2 Å². The average molecular weight is 921 g/mol. The van der Waals surface area contributed by atoms with Crippen LogP contribution in [0.3, 0.4) is 0 Å². The molecule has 64 heavy (non-hydrogen) atoms. The van der Waals surface area contributed by atoms with Gasteiger partial charge in [0.1, 0.15) is 17.2 Å². The number of aryl methyl sites for hydroxylation is 2. The maximum atomic E-state index is 11.8. The van der Waals surface area contributed by atoms with E-state index in [-0.39, 0.29) is 27.6 Å². The lowest BCUT2D eigenvalue weighted by atomic mass is 10.2. The van der Waals surface area contributed by atoms with Crippen LogP contribution in [0.2, 0.25) is 0 Å². The summed E-state index contributed by atoms with van der Waals surface area (Å²) in [5.41, 5.74) is 8.86. The molecular formula is C42H56N12O8S2. The van der Waals surface area contributed by atoms with Crippen molar-refractivity contribution in [1.29, 1.82) is 0 Å². The number of rotatable bonds is 21. The fraction of sp³-hybridized carbons (Fsp3) is 0.357. The van der Waals surface area contributed by atoms with E-state index >= 15 is 0 Å². The molecule has 6 N–H and O–H groups in total. The van der Waals surface area contributed by atoms with Crippen LogP contribution in [0.1, 0.15) is 45.7 Å². The van der Waals surface area contributed by atoms with Gasteiger partial charge in [0, 0.05) is 51.9 Å². The van der Waals surface area contributed by atoms with Gasteiger partial charge in [-0.25, -0.2) is 0 Å². The van der Waals surface area contributed by atoms with Crippen molar-refractivity contribution in [2.45, 2.75) is 58.3 Å². The molecule has 4 aromatic carbocycles. The van der Waals surface area contributed by atoms with Gasteiger partial charge in [-0.05, 0) is 108 Å². The standard InChI is InChI=1S/C42H56N12O8S2/c1-11-43-40-46-41(44-32-22-36(53(12-2)13-3)38(61-9)24-33(32)50-49-30-18-16-28(20-26(30)6)63(55,56)57)48-42(47-40)45-34-23-37(54(14-4)15-5)39(62-10)25-35(34)52(8)51-31-19-17-29(21-27(31)7)64(58,59)60/h16-25,51H,11-15H2,1-10H3,(H,55,56,57)(H,58,59,60)(H3,43,44,45,46,47,48). The van der Waals surface area contributed by atoms with Crippen LogP contribution >= 0.6 is 0 Å². The summed E-state index contributed by atoms with van der Waals surface area (Å²) in [7, 11) is -3.88. The number of methoxy groups -OCH3 is 2. The van der Waals surface area contributed by atoms with E-state index in [1.54, 1.807) is 52.3 Å². The van der Waals surface area contributed by atoms with Crippen LogP contribution in [-0.2, 0) is 20.2 Å². The van der Waals surface area contributed by atoms with Crippen LogP contribution in [-0.4, -0.2) is 94.9 Å². The van der Waals surface area contributed by atoms with Gasteiger partial charge in [0.2, 0.25) is 17.8 Å². The molecule has 0 spiro atoms. The van der Waals surface area contributed by atoms with Gasteiger partial charge >= 0.3 is 0 Å². The quantitative estimate of drug-likeness (QED) is 0.0229. The molecule has 0 amide bonds. The Bertz CT molecular complexity index is 2710. The lowest BCUT2D eigenvalue weighted by molar-refractivity contribution is 0.414. The molecule has 0 aliphatic heterocycles. The normalized spacial score (nSPS) is 11.6. The summed E-state index contributed by atoms with van der Waals surface area (Å²) in [6.45, 7) is 16.7. The maximum Gasteiger partial charge on any atom is 0.294 e. The molecule has 20 nitrogen and oxygen atoms in total. The third kappa shape index (κ3) is 11.5. The summed E-state index contributed by atoms with van der Waals surface area (Å²) < 4.78 is 78.0. The first-order chi connectivity index (χ1) is 30.4. The molecule has 0 aliphatic carbocycles. The highest BCUT2D eigenvalue weighted by atomic mass is 32.2. The molecule has 0 saturated carbocycles. The molecular weight excluding hydrogens is 865 g/mol. The number of anilines is 9. The number of hydrogen-bond acceptors (Lipinski definition) is 18. The van der Waals surface area contributed by atoms with Crippen LogP contribution in [0.4, 0.5) is 63.3 Å². The highest BCUT2D eigenvalue weighted by molar-refractivity contribution is 7.86. The summed E-state index contributed by atoms with van der Waals surface area (Å²) in [5, 5.41) is 20.6. The number of nitrogens with one attached hydrogen (secondary N) is 4. The number of azo groups is 1. The first kappa shape index (κ1) is 48.5. The molecule has 1 heterocycles. The maximum absolute atomic E-state index is 11.8. The van der Waals surface area contributed by atoms with Gasteiger partial charge in [0.15, 0.2) is 0 Å². The lowest BCUT2D eigenvalue weighted by Gasteiger charge is -2.29. The second-order valence-electron chi connectivity index (χ2n) is 14.3. The highest BCUT2D eigenvalue weighted by Gasteiger charge is 2.22. The molecule has 0 unspecified atom stereocenters. The van der Waals surface area contributed by atoms with Crippen LogP contribution in [0.5, 0.6) is 11.5 Å². The van der Waals surface area contributed by atoms with Gasteiger partial charge in [-0.3, -0.25) is 19.5 Å². The van der Waals surface area contributed by atoms with E-state index in [0.717, 1.165) is 11.4 Å². The average Bonchev–Trinajstić information content (AvgIpc) is 3.24. The number of hydrazine groups is 1. The predicted molar refractivity (Wildman–Crippen MR) is 252 cm³/mol. The monoisotopic (exact) mass is 920 g/mol. The minimum Gasteiger partial charge on any atom is -0.495 e. The van der Waals surface area contributed by atoms with E-state index in [1.165, 1.54) is 30.3 Å². The smallest absolute Gasteiger partial charge is 0.294 e. The van der Waals surface area contributed by atoms with Gasteiger partial charge in [0.25, 0.3) is 20.2 Å². The Balaban J connectivity index is 1.63. The number of aromatic nitrogens is 3. The molecule has 22 heteroatoms. The van der Waals surface area contributed by atoms with E-state index in [1.807, 2.05) is 52.8 Å². The van der Waals surface area contributed by atoms with Gasteiger partial charge < -0.3 is 35.2 Å². The molecule has 0 fully saturated rings. The van der Waals surface area contributed by atoms with Gasteiger partial charge in [-0.2, -0.15) is 36.9 Å². The van der Waals surface area contributed by atoms with Crippen molar-refractivity contribution in [3.8, 4) is 11.5 Å². The van der Waals surface area contributed by atoms with Crippen molar-refractivity contribution in [3.63, 3.8) is 0 Å². The lowest BCUT2D eigenvalue weighted by Crippen LogP contribution is -2.27. The largest absolute Gasteiger partial charge is 0.495 e. The predicted octanol–water partition coefficient (Wildman–Crippen LogP) is 8.49. The SMILES string of the molecule is CCNc1nc(Nc2cc(N(CC)CC)c(OC)cc2N=Nc2ccc(S(=O)(=O)O)cc2C)nc(Nc2cc(N(CC)CC)c(OC)cc2N(C)Nc2ccc(S(=O)(=O)O)cc2C)n1. The topological polar surface area (TPSA) is 248 Å². The van der Waals surface area contributed by atoms with Crippen LogP contribution in [0.25, 0.3) is 0 Å². The van der Waals surface area contributed by atoms with Crippen molar-refractivity contribution in [3.05, 3.63) is 71.8 Å². The molecule has 5 aromatic rings. The molecule has 1 aromatic heterocycles. The van der Waals surface area contributed by atoms with Crippen molar-refractivity contribution in [2.24, 2.45) is 10.2 Å². The number of ether oxygens (including phenoxy) is 2. The van der Waals surface area contributed by atoms with E-state index in [2.05, 4.69) is 46.4 Å². The minimum absolute atomic E-state index is 0.148. The Hall–Kier alpha value is -6.49. The Kier molecular flexibility index (Phi) is 15.8. The number of hydrogen-bond donors (Lipinski definition) is 6. The Labute approximate surface area is 374 Å². The minimum atomic E-state index is -4.42. The molecule has 0 bridgehead atoms. The van der Waals surface area contributed by atoms with Crippen molar-refractivity contribution in [1.82, 2.24) is 15.0 Å². The Morgan fingerprint density at radius 2 is 1.08 bits per heavy atom. The fourth-order valence-corrected chi connectivity index (χ4v) is 7.89. The zero-order chi connectivity index (χ0) is 46.9. The third-order valence-electron chi connectivity index (χ3n) is 10.1. The molecule has 0 aliphatic rings. The van der Waals surface area contributed by atoms with E-state index in [9.17, 15) is 25.9 Å². The van der Waals surface area contributed by atoms with Gasteiger partial charge in [-0.15, -0.1) is 5.11 Å². The first-order valence-electron chi connectivity index (χ1n) is 20.4. The first-order valence-corrected chi connectivity index (χ1v) is 23.3. The second-order valence-corrected chi connectivity index (χ2v) is 17.1. The molecule has 0 atom stereocenters. The summed E-state index contributed by atoms with van der Waals surface area (Å²) in [6.07, 6.45) is 0. The summed E-state index contributed by atoms with van der Waals surface area (Å²) in [4.78, 5) is 18.0. The summed E-state index contributed by atoms with van der Waals surface area (Å²) >= 11 is 0. The van der Waals surface area contributed by atoms with Crippen LogP contribution in [0.15, 0.2) is 80.7 Å². The number of benzene rings is 4. The van der Waals surface area contributed by atoms with E-state index < -0.39 is 20.2 Å². The molecule has 344 valence electrons. The van der Waals surface area contributed by atoms with Crippen LogP contribution in [0, 0.1) is 13.8 Å². The third-order valence-corrected chi connectivity index (χ3v) is 11.8. The van der Waals surface area contributed by atoms with E-state index in [0.29, 0.717) is 89.5 Å². The van der Waals surface area contributed by atoms with Crippen LogP contribution < -0.4 is 45.7 Å². The zero-order valence-electron chi connectivity index (χ0n) is 37.5. The van der Waals surface area contributed by atoms with Gasteiger partial charge in [0.05, 0.1) is 63.8 Å².